The summed E-state index contributed by atoms with van der Waals surface area (Å²) in [7, 11) is 1.30. The number of nitrogens with zero attached hydrogens (tertiary/aromatic N) is 2. The Labute approximate surface area is 161 Å². The number of hydrogen-bond donors (Lipinski definition) is 1. The van der Waals surface area contributed by atoms with Crippen LogP contribution in [0.3, 0.4) is 0 Å². The van der Waals surface area contributed by atoms with Crippen LogP contribution in [-0.2, 0) is 16.1 Å². The number of esters is 1. The van der Waals surface area contributed by atoms with Gasteiger partial charge in [0.15, 0.2) is 5.16 Å². The number of nitrogens with one attached hydrogen (secondary N) is 1. The Morgan fingerprint density at radius 1 is 1.41 bits per heavy atom. The molecule has 1 amide bonds. The molecule has 8 heteroatoms. The average molecular weight is 389 g/mol. The molecule has 144 valence electrons. The summed E-state index contributed by atoms with van der Waals surface area (Å²) in [5.74, 6) is -0.527. The van der Waals surface area contributed by atoms with E-state index >= 15 is 0 Å². The molecule has 1 aromatic carbocycles. The first-order valence-corrected chi connectivity index (χ1v) is 9.63. The lowest BCUT2D eigenvalue weighted by Crippen LogP contribution is -2.27. The normalized spacial score (nSPS) is 10.6. The number of carbonyl (C=O) groups excluding carboxylic acids is 2. The van der Waals surface area contributed by atoms with Crippen LogP contribution in [0.2, 0.25) is 0 Å². The molecule has 0 atom stereocenters. The van der Waals surface area contributed by atoms with Crippen molar-refractivity contribution >= 4 is 34.5 Å². The van der Waals surface area contributed by atoms with Crippen LogP contribution in [0.25, 0.3) is 10.9 Å². The number of methoxy groups -OCH3 is 1. The Hall–Kier alpha value is -2.61. The van der Waals surface area contributed by atoms with Crippen molar-refractivity contribution in [1.82, 2.24) is 14.9 Å². The number of hydrogen-bond acceptors (Lipinski definition) is 6. The molecule has 0 radical (unpaired) electrons. The molecule has 7 nitrogen and oxygen atoms in total. The molecule has 27 heavy (non-hydrogen) atoms. The van der Waals surface area contributed by atoms with Crippen molar-refractivity contribution in [3.05, 3.63) is 46.8 Å². The van der Waals surface area contributed by atoms with E-state index in [1.807, 2.05) is 6.92 Å². The zero-order valence-electron chi connectivity index (χ0n) is 15.5. The summed E-state index contributed by atoms with van der Waals surface area (Å²) in [4.78, 5) is 41.1. The van der Waals surface area contributed by atoms with Crippen LogP contribution in [0.4, 0.5) is 0 Å². The zero-order chi connectivity index (χ0) is 19.8. The van der Waals surface area contributed by atoms with Crippen LogP contribution in [-0.4, -0.2) is 40.8 Å². The van der Waals surface area contributed by atoms with Crippen LogP contribution in [0.1, 0.15) is 30.1 Å². The number of ether oxygens (including phenoxy) is 1. The number of thioether (sulfide) groups is 1. The van der Waals surface area contributed by atoms with E-state index in [4.69, 9.17) is 4.74 Å². The quantitative estimate of drug-likeness (QED) is 0.306. The molecular weight excluding hydrogens is 366 g/mol. The Morgan fingerprint density at radius 2 is 2.19 bits per heavy atom. The summed E-state index contributed by atoms with van der Waals surface area (Å²) in [5, 5.41) is 3.58. The van der Waals surface area contributed by atoms with E-state index in [0.29, 0.717) is 34.7 Å². The number of carbonyl (C=O) groups is 2. The summed E-state index contributed by atoms with van der Waals surface area (Å²) in [6.07, 6.45) is 3.35. The standard InChI is InChI=1S/C19H23N3O4S/c1-4-6-10-22-17(24)14-8-7-13(18(25)26-3)11-15(14)21-19(22)27-12-16(23)20-9-5-2/h5,7-8,11H,2,4,6,9-10,12H2,1,3H3,(H,20,23). The number of amides is 1. The van der Waals surface area contributed by atoms with Crippen LogP contribution in [0.5, 0.6) is 0 Å². The Bertz CT molecular complexity index is 908. The van der Waals surface area contributed by atoms with Gasteiger partial charge in [0, 0.05) is 13.1 Å². The third kappa shape index (κ3) is 5.19. The zero-order valence-corrected chi connectivity index (χ0v) is 16.3. The minimum Gasteiger partial charge on any atom is -0.465 e. The maximum atomic E-state index is 12.9. The lowest BCUT2D eigenvalue weighted by Gasteiger charge is -2.13. The molecule has 1 heterocycles. The molecular formula is C19H23N3O4S. The maximum Gasteiger partial charge on any atom is 0.337 e. The van der Waals surface area contributed by atoms with Gasteiger partial charge in [-0.25, -0.2) is 9.78 Å². The summed E-state index contributed by atoms with van der Waals surface area (Å²) >= 11 is 1.19. The van der Waals surface area contributed by atoms with Gasteiger partial charge in [0.05, 0.1) is 29.3 Å². The van der Waals surface area contributed by atoms with Gasteiger partial charge in [-0.15, -0.1) is 6.58 Å². The van der Waals surface area contributed by atoms with E-state index < -0.39 is 5.97 Å². The van der Waals surface area contributed by atoms with Crippen molar-refractivity contribution in [2.24, 2.45) is 0 Å². The molecule has 2 rings (SSSR count). The van der Waals surface area contributed by atoms with Gasteiger partial charge in [0.1, 0.15) is 0 Å². The molecule has 0 aliphatic rings. The highest BCUT2D eigenvalue weighted by Gasteiger charge is 2.15. The number of fused-ring (bicyclic) bond motifs is 1. The minimum absolute atomic E-state index is 0.134. The van der Waals surface area contributed by atoms with E-state index in [-0.39, 0.29) is 17.2 Å². The highest BCUT2D eigenvalue weighted by molar-refractivity contribution is 7.99. The Morgan fingerprint density at radius 3 is 2.85 bits per heavy atom. The Balaban J connectivity index is 2.43. The predicted octanol–water partition coefficient (Wildman–Crippen LogP) is 2.38. The minimum atomic E-state index is -0.494. The molecule has 1 N–H and O–H groups in total. The fourth-order valence-corrected chi connectivity index (χ4v) is 3.29. The highest BCUT2D eigenvalue weighted by Crippen LogP contribution is 2.19. The van der Waals surface area contributed by atoms with Gasteiger partial charge >= 0.3 is 5.97 Å². The number of rotatable bonds is 9. The van der Waals surface area contributed by atoms with Crippen molar-refractivity contribution in [3.8, 4) is 0 Å². The molecule has 0 unspecified atom stereocenters. The first kappa shape index (κ1) is 20.7. The predicted molar refractivity (Wildman–Crippen MR) is 106 cm³/mol. The average Bonchev–Trinajstić information content (AvgIpc) is 2.69. The third-order valence-corrected chi connectivity index (χ3v) is 4.83. The van der Waals surface area contributed by atoms with Crippen LogP contribution in [0.15, 0.2) is 40.8 Å². The summed E-state index contributed by atoms with van der Waals surface area (Å²) in [6.45, 7) is 6.50. The summed E-state index contributed by atoms with van der Waals surface area (Å²) in [6, 6.07) is 4.68. The molecule has 0 saturated carbocycles. The number of aromatic nitrogens is 2. The maximum absolute atomic E-state index is 12.9. The second-order valence-electron chi connectivity index (χ2n) is 5.81. The smallest absolute Gasteiger partial charge is 0.337 e. The van der Waals surface area contributed by atoms with E-state index in [0.717, 1.165) is 12.8 Å². The van der Waals surface area contributed by atoms with Gasteiger partial charge in [-0.1, -0.05) is 31.2 Å². The van der Waals surface area contributed by atoms with Gasteiger partial charge < -0.3 is 10.1 Å². The first-order chi connectivity index (χ1) is 13.0. The largest absolute Gasteiger partial charge is 0.465 e. The highest BCUT2D eigenvalue weighted by atomic mass is 32.2. The van der Waals surface area contributed by atoms with Crippen LogP contribution < -0.4 is 10.9 Å². The lowest BCUT2D eigenvalue weighted by molar-refractivity contribution is -0.118. The SMILES string of the molecule is C=CCNC(=O)CSc1nc2cc(C(=O)OC)ccc2c(=O)n1CCCC. The van der Waals surface area contributed by atoms with Gasteiger partial charge in [-0.3, -0.25) is 14.2 Å². The van der Waals surface area contributed by atoms with Gasteiger partial charge in [0.2, 0.25) is 5.91 Å². The Kier molecular flexibility index (Phi) is 7.60. The molecule has 0 fully saturated rings. The van der Waals surface area contributed by atoms with E-state index in [1.165, 1.54) is 24.9 Å². The van der Waals surface area contributed by atoms with Crippen molar-refractivity contribution in [1.29, 1.82) is 0 Å². The molecule has 0 aliphatic heterocycles. The van der Waals surface area contributed by atoms with E-state index in [9.17, 15) is 14.4 Å². The fraction of sp³-hybridized carbons (Fsp3) is 0.368. The molecule has 0 aliphatic carbocycles. The second-order valence-corrected chi connectivity index (χ2v) is 6.75. The summed E-state index contributed by atoms with van der Waals surface area (Å²) in [5.41, 5.74) is 0.548. The van der Waals surface area contributed by atoms with E-state index in [1.54, 1.807) is 22.8 Å². The second kappa shape index (κ2) is 9.91. The topological polar surface area (TPSA) is 90.3 Å². The van der Waals surface area contributed by atoms with Crippen LogP contribution >= 0.6 is 11.8 Å². The summed E-state index contributed by atoms with van der Waals surface area (Å²) < 4.78 is 6.32. The van der Waals surface area contributed by atoms with Crippen molar-refractivity contribution in [3.63, 3.8) is 0 Å². The number of benzene rings is 1. The van der Waals surface area contributed by atoms with Crippen molar-refractivity contribution < 1.29 is 14.3 Å². The molecule has 1 aromatic heterocycles. The molecule has 0 spiro atoms. The van der Waals surface area contributed by atoms with Gasteiger partial charge in [-0.05, 0) is 24.6 Å². The first-order valence-electron chi connectivity index (χ1n) is 8.65. The fourth-order valence-electron chi connectivity index (χ4n) is 2.44. The van der Waals surface area contributed by atoms with Crippen LogP contribution in [0, 0.1) is 0 Å². The monoisotopic (exact) mass is 389 g/mol. The van der Waals surface area contributed by atoms with Gasteiger partial charge in [0.25, 0.3) is 5.56 Å². The molecule has 0 saturated heterocycles. The lowest BCUT2D eigenvalue weighted by atomic mass is 10.1. The van der Waals surface area contributed by atoms with Gasteiger partial charge in [-0.2, -0.15) is 0 Å². The van der Waals surface area contributed by atoms with E-state index in [2.05, 4.69) is 16.9 Å². The third-order valence-electron chi connectivity index (χ3n) is 3.85. The molecule has 0 bridgehead atoms. The molecule has 2 aromatic rings. The van der Waals surface area contributed by atoms with Crippen molar-refractivity contribution in [2.45, 2.75) is 31.5 Å². The van der Waals surface area contributed by atoms with Crippen molar-refractivity contribution in [2.75, 3.05) is 19.4 Å². The number of unbranched alkanes of at least 4 members (excludes halogenated alkanes) is 1.